The minimum atomic E-state index is -4.32. The first kappa shape index (κ1) is 19.1. The maximum Gasteiger partial charge on any atom is 0.266 e. The van der Waals surface area contributed by atoms with Crippen LogP contribution in [-0.4, -0.2) is 29.5 Å². The molecule has 2 N–H and O–H groups in total. The average Bonchev–Trinajstić information content (AvgIpc) is 3.06. The Kier molecular flexibility index (Phi) is 5.35. The molecule has 0 unspecified atom stereocenters. The topological polar surface area (TPSA) is 114 Å². The van der Waals surface area contributed by atoms with Crippen molar-refractivity contribution in [1.82, 2.24) is 15.2 Å². The minimum absolute atomic E-state index is 0.0334. The Morgan fingerprint density at radius 2 is 2.04 bits per heavy atom. The highest BCUT2D eigenvalue weighted by molar-refractivity contribution is 7.93. The van der Waals surface area contributed by atoms with Crippen LogP contribution in [0.5, 0.6) is 0 Å². The standard InChI is InChI=1S/C15H11ClFN5O3S2/c1-8(23)19-12-7-10(17)13(6-9(12)16)27(24,25)22-15-21-20-14(26-15)11-4-2-3-5-18-11/h2-7H,1H3,(H,19,23)(H,21,22). The number of pyridine rings is 1. The van der Waals surface area contributed by atoms with Gasteiger partial charge in [-0.1, -0.05) is 29.0 Å². The van der Waals surface area contributed by atoms with E-state index in [1.165, 1.54) is 6.92 Å². The summed E-state index contributed by atoms with van der Waals surface area (Å²) < 4.78 is 41.4. The van der Waals surface area contributed by atoms with Crippen LogP contribution < -0.4 is 10.0 Å². The van der Waals surface area contributed by atoms with Crippen molar-refractivity contribution in [2.24, 2.45) is 0 Å². The fourth-order valence-electron chi connectivity index (χ4n) is 2.05. The van der Waals surface area contributed by atoms with E-state index in [0.29, 0.717) is 10.7 Å². The van der Waals surface area contributed by atoms with Gasteiger partial charge in [0.25, 0.3) is 10.0 Å². The molecule has 2 heterocycles. The lowest BCUT2D eigenvalue weighted by Crippen LogP contribution is -2.15. The fourth-order valence-corrected chi connectivity index (χ4v) is 4.36. The first-order chi connectivity index (χ1) is 12.8. The van der Waals surface area contributed by atoms with Crippen LogP contribution >= 0.6 is 22.9 Å². The van der Waals surface area contributed by atoms with Gasteiger partial charge in [0, 0.05) is 19.2 Å². The summed E-state index contributed by atoms with van der Waals surface area (Å²) in [7, 11) is -4.32. The second-order valence-electron chi connectivity index (χ2n) is 5.18. The number of anilines is 2. The van der Waals surface area contributed by atoms with Crippen LogP contribution in [0.25, 0.3) is 10.7 Å². The molecule has 0 aliphatic rings. The van der Waals surface area contributed by atoms with Crippen LogP contribution in [-0.2, 0) is 14.8 Å². The Morgan fingerprint density at radius 3 is 2.70 bits per heavy atom. The van der Waals surface area contributed by atoms with Crippen LogP contribution in [0, 0.1) is 5.82 Å². The van der Waals surface area contributed by atoms with Gasteiger partial charge in [-0.2, -0.15) is 0 Å². The van der Waals surface area contributed by atoms with E-state index in [-0.39, 0.29) is 15.8 Å². The Morgan fingerprint density at radius 1 is 1.26 bits per heavy atom. The quantitative estimate of drug-likeness (QED) is 0.646. The molecule has 1 aromatic carbocycles. The molecule has 0 saturated carbocycles. The van der Waals surface area contributed by atoms with Crippen molar-refractivity contribution in [3.8, 4) is 10.7 Å². The lowest BCUT2D eigenvalue weighted by Gasteiger charge is -2.10. The van der Waals surface area contributed by atoms with E-state index in [0.717, 1.165) is 23.5 Å². The van der Waals surface area contributed by atoms with Gasteiger partial charge in [-0.25, -0.2) is 12.8 Å². The molecular formula is C15H11ClFN5O3S2. The summed E-state index contributed by atoms with van der Waals surface area (Å²) in [6.45, 7) is 1.22. The zero-order chi connectivity index (χ0) is 19.6. The molecule has 0 spiro atoms. The highest BCUT2D eigenvalue weighted by atomic mass is 35.5. The monoisotopic (exact) mass is 427 g/mol. The maximum atomic E-state index is 14.3. The maximum absolute atomic E-state index is 14.3. The zero-order valence-corrected chi connectivity index (χ0v) is 16.0. The normalized spacial score (nSPS) is 11.2. The molecule has 8 nitrogen and oxygen atoms in total. The van der Waals surface area contributed by atoms with Gasteiger partial charge in [-0.15, -0.1) is 10.2 Å². The number of amides is 1. The number of halogens is 2. The number of carbonyl (C=O) groups is 1. The molecule has 12 heteroatoms. The molecule has 140 valence electrons. The van der Waals surface area contributed by atoms with E-state index in [1.54, 1.807) is 24.4 Å². The van der Waals surface area contributed by atoms with E-state index < -0.39 is 26.6 Å². The SMILES string of the molecule is CC(=O)Nc1cc(F)c(S(=O)(=O)Nc2nnc(-c3ccccn3)s2)cc1Cl. The number of nitrogens with zero attached hydrogens (tertiary/aromatic N) is 3. The van der Waals surface area contributed by atoms with Crippen LogP contribution in [0.4, 0.5) is 15.2 Å². The van der Waals surface area contributed by atoms with E-state index in [2.05, 4.69) is 25.2 Å². The fraction of sp³-hybridized carbons (Fsp3) is 0.0667. The average molecular weight is 428 g/mol. The largest absolute Gasteiger partial charge is 0.325 e. The van der Waals surface area contributed by atoms with Crippen LogP contribution in [0.2, 0.25) is 5.02 Å². The Hall–Kier alpha value is -2.63. The van der Waals surface area contributed by atoms with Crippen LogP contribution in [0.1, 0.15) is 6.92 Å². The Balaban J connectivity index is 1.88. The lowest BCUT2D eigenvalue weighted by molar-refractivity contribution is -0.114. The number of benzene rings is 1. The van der Waals surface area contributed by atoms with E-state index in [1.807, 2.05) is 0 Å². The molecule has 0 bridgehead atoms. The van der Waals surface area contributed by atoms with Gasteiger partial charge >= 0.3 is 0 Å². The molecule has 3 aromatic rings. The molecule has 27 heavy (non-hydrogen) atoms. The summed E-state index contributed by atoms with van der Waals surface area (Å²) in [5, 5.41) is 10.1. The number of nitrogens with one attached hydrogen (secondary N) is 2. The summed E-state index contributed by atoms with van der Waals surface area (Å²) in [6.07, 6.45) is 1.56. The first-order valence-corrected chi connectivity index (χ1v) is 9.98. The molecule has 1 amide bonds. The third-order valence-electron chi connectivity index (χ3n) is 3.15. The molecule has 3 rings (SSSR count). The number of rotatable bonds is 5. The predicted molar refractivity (Wildman–Crippen MR) is 99.7 cm³/mol. The number of hydrogen-bond acceptors (Lipinski definition) is 7. The number of aromatic nitrogens is 3. The number of sulfonamides is 1. The van der Waals surface area contributed by atoms with Gasteiger partial charge < -0.3 is 5.32 Å². The van der Waals surface area contributed by atoms with Gasteiger partial charge in [0.15, 0.2) is 5.01 Å². The first-order valence-electron chi connectivity index (χ1n) is 7.30. The number of carbonyl (C=O) groups excluding carboxylic acids is 1. The molecule has 0 atom stereocenters. The van der Waals surface area contributed by atoms with Crippen LogP contribution in [0.3, 0.4) is 0 Å². The zero-order valence-electron chi connectivity index (χ0n) is 13.6. The summed E-state index contributed by atoms with van der Waals surface area (Å²) in [4.78, 5) is 14.5. The lowest BCUT2D eigenvalue weighted by atomic mass is 10.3. The highest BCUT2D eigenvalue weighted by Crippen LogP contribution is 2.31. The molecule has 0 aliphatic carbocycles. The third-order valence-corrected chi connectivity index (χ3v) is 5.81. The van der Waals surface area contributed by atoms with E-state index in [9.17, 15) is 17.6 Å². The van der Waals surface area contributed by atoms with Gasteiger partial charge in [0.1, 0.15) is 16.4 Å². The Labute approximate surface area is 162 Å². The summed E-state index contributed by atoms with van der Waals surface area (Å²) in [5.74, 6) is -1.55. The van der Waals surface area contributed by atoms with Crippen molar-refractivity contribution >= 4 is 49.7 Å². The van der Waals surface area contributed by atoms with Gasteiger partial charge in [-0.05, 0) is 18.2 Å². The highest BCUT2D eigenvalue weighted by Gasteiger charge is 2.23. The predicted octanol–water partition coefficient (Wildman–Crippen LogP) is 3.15. The van der Waals surface area contributed by atoms with Crippen molar-refractivity contribution in [3.63, 3.8) is 0 Å². The van der Waals surface area contributed by atoms with Gasteiger partial charge in [0.05, 0.1) is 10.7 Å². The third kappa shape index (κ3) is 4.38. The summed E-state index contributed by atoms with van der Waals surface area (Å²) in [6, 6.07) is 6.91. The molecule has 0 radical (unpaired) electrons. The van der Waals surface area contributed by atoms with Crippen molar-refractivity contribution < 1.29 is 17.6 Å². The van der Waals surface area contributed by atoms with Crippen molar-refractivity contribution in [2.45, 2.75) is 11.8 Å². The van der Waals surface area contributed by atoms with Crippen LogP contribution in [0.15, 0.2) is 41.4 Å². The van der Waals surface area contributed by atoms with E-state index in [4.69, 9.17) is 11.6 Å². The molecule has 0 fully saturated rings. The van der Waals surface area contributed by atoms with Crippen molar-refractivity contribution in [2.75, 3.05) is 10.0 Å². The summed E-state index contributed by atoms with van der Waals surface area (Å²) >= 11 is 6.87. The molecule has 0 aliphatic heterocycles. The second-order valence-corrected chi connectivity index (χ2v) is 8.21. The molecule has 2 aromatic heterocycles. The van der Waals surface area contributed by atoms with Crippen molar-refractivity contribution in [1.29, 1.82) is 0 Å². The van der Waals surface area contributed by atoms with Crippen molar-refractivity contribution in [3.05, 3.63) is 47.4 Å². The second kappa shape index (κ2) is 7.55. The molecular weight excluding hydrogens is 417 g/mol. The number of hydrogen-bond donors (Lipinski definition) is 2. The Bertz CT molecular complexity index is 1110. The minimum Gasteiger partial charge on any atom is -0.325 e. The summed E-state index contributed by atoms with van der Waals surface area (Å²) in [5.41, 5.74) is 0.489. The van der Waals surface area contributed by atoms with Gasteiger partial charge in [0.2, 0.25) is 11.0 Å². The smallest absolute Gasteiger partial charge is 0.266 e. The molecule has 0 saturated heterocycles. The van der Waals surface area contributed by atoms with E-state index >= 15 is 0 Å². The van der Waals surface area contributed by atoms with Gasteiger partial charge in [-0.3, -0.25) is 14.5 Å².